The van der Waals surface area contributed by atoms with Crippen LogP contribution < -0.4 is 14.8 Å². The quantitative estimate of drug-likeness (QED) is 0.205. The number of ether oxygens (including phenoxy) is 2. The summed E-state index contributed by atoms with van der Waals surface area (Å²) >= 11 is 0. The standard InChI is InChI=1S/C32H35F3N8O3/c1-18-25-6-7-41(30-19-2-3-20(30)11-23(10-19)38-17-36)8-9-42(25)40-29(18)21-12-26(31-27(46-32(34)35)14-39-43(31)15-21)45-28(16-44)24-5-4-22(33)13-37-24/h4-5,12-15,19-20,23,28,30,32,38,44H,2-3,6-11,16H2,1H3. The minimum atomic E-state index is -3.09. The number of hydrogen-bond donors (Lipinski definition) is 2. The minimum Gasteiger partial charge on any atom is -0.479 e. The van der Waals surface area contributed by atoms with Gasteiger partial charge in [0.25, 0.3) is 0 Å². The van der Waals surface area contributed by atoms with E-state index in [0.29, 0.717) is 29.1 Å². The fourth-order valence-corrected chi connectivity index (χ4v) is 7.93. The summed E-state index contributed by atoms with van der Waals surface area (Å²) in [4.78, 5) is 6.66. The van der Waals surface area contributed by atoms with Gasteiger partial charge in [-0.25, -0.2) is 8.91 Å². The second-order valence-corrected chi connectivity index (χ2v) is 12.4. The van der Waals surface area contributed by atoms with Crippen molar-refractivity contribution in [1.29, 1.82) is 5.26 Å². The third-order valence-corrected chi connectivity index (χ3v) is 9.84. The largest absolute Gasteiger partial charge is 0.479 e. The van der Waals surface area contributed by atoms with Crippen molar-refractivity contribution in [2.45, 2.75) is 70.4 Å². The molecule has 46 heavy (non-hydrogen) atoms. The van der Waals surface area contributed by atoms with Crippen LogP contribution in [0.4, 0.5) is 13.2 Å². The average molecular weight is 637 g/mol. The van der Waals surface area contributed by atoms with Gasteiger partial charge in [-0.15, -0.1) is 0 Å². The number of pyridine rings is 2. The van der Waals surface area contributed by atoms with Crippen molar-refractivity contribution in [1.82, 2.24) is 34.6 Å². The molecule has 2 aliphatic carbocycles. The molecule has 4 aromatic heterocycles. The van der Waals surface area contributed by atoms with Crippen LogP contribution in [-0.4, -0.2) is 72.8 Å². The first-order valence-corrected chi connectivity index (χ1v) is 15.6. The molecule has 2 saturated carbocycles. The first-order valence-electron chi connectivity index (χ1n) is 15.6. The lowest BCUT2D eigenvalue weighted by Gasteiger charge is -2.41. The Labute approximate surface area is 263 Å². The van der Waals surface area contributed by atoms with E-state index in [1.54, 1.807) is 12.3 Å². The Kier molecular flexibility index (Phi) is 8.20. The Morgan fingerprint density at radius 1 is 1.11 bits per heavy atom. The Bertz CT molecular complexity index is 1740. The normalized spacial score (nSPS) is 23.6. The van der Waals surface area contributed by atoms with Crippen molar-refractivity contribution in [3.05, 3.63) is 59.6 Å². The lowest BCUT2D eigenvalue weighted by atomic mass is 9.80. The van der Waals surface area contributed by atoms with E-state index in [0.717, 1.165) is 56.4 Å². The molecule has 2 fully saturated rings. The molecule has 0 saturated heterocycles. The molecule has 11 nitrogen and oxygen atoms in total. The van der Waals surface area contributed by atoms with Crippen LogP contribution >= 0.6 is 0 Å². The van der Waals surface area contributed by atoms with Crippen molar-refractivity contribution in [3.8, 4) is 28.9 Å². The van der Waals surface area contributed by atoms with Gasteiger partial charge in [0, 0.05) is 49.0 Å². The summed E-state index contributed by atoms with van der Waals surface area (Å²) in [7, 11) is 0. The van der Waals surface area contributed by atoms with Gasteiger partial charge in [-0.05, 0) is 68.2 Å². The molecule has 242 valence electrons. The Balaban J connectivity index is 1.18. The fourth-order valence-electron chi connectivity index (χ4n) is 7.93. The van der Waals surface area contributed by atoms with Gasteiger partial charge in [-0.2, -0.15) is 24.2 Å². The van der Waals surface area contributed by atoms with Crippen LogP contribution in [0.15, 0.2) is 36.8 Å². The van der Waals surface area contributed by atoms with Crippen LogP contribution in [-0.2, 0) is 13.0 Å². The predicted octanol–water partition coefficient (Wildman–Crippen LogP) is 4.24. The molecule has 0 amide bonds. The number of nitriles is 1. The van der Waals surface area contributed by atoms with Gasteiger partial charge in [0.2, 0.25) is 0 Å². The molecule has 0 radical (unpaired) electrons. The molecule has 4 aromatic rings. The number of fused-ring (bicyclic) bond motifs is 4. The molecule has 3 atom stereocenters. The summed E-state index contributed by atoms with van der Waals surface area (Å²) in [5, 5.41) is 31.5. The molecule has 3 unspecified atom stereocenters. The second-order valence-electron chi connectivity index (χ2n) is 12.4. The number of nitrogens with one attached hydrogen (secondary N) is 1. The van der Waals surface area contributed by atoms with Gasteiger partial charge >= 0.3 is 6.61 Å². The highest BCUT2D eigenvalue weighted by Crippen LogP contribution is 2.45. The smallest absolute Gasteiger partial charge is 0.387 e. The van der Waals surface area contributed by atoms with Crippen LogP contribution in [0.5, 0.6) is 11.5 Å². The van der Waals surface area contributed by atoms with Crippen molar-refractivity contribution < 1.29 is 27.8 Å². The highest BCUT2D eigenvalue weighted by Gasteiger charge is 2.45. The molecule has 2 N–H and O–H groups in total. The lowest BCUT2D eigenvalue weighted by molar-refractivity contribution is -0.0489. The van der Waals surface area contributed by atoms with E-state index in [1.807, 2.05) is 6.92 Å². The Morgan fingerprint density at radius 3 is 2.61 bits per heavy atom. The lowest BCUT2D eigenvalue weighted by Crippen LogP contribution is -2.49. The summed E-state index contributed by atoms with van der Waals surface area (Å²) in [5.74, 6) is 0.583. The minimum absolute atomic E-state index is 0.126. The van der Waals surface area contributed by atoms with E-state index in [2.05, 4.69) is 31.2 Å². The predicted molar refractivity (Wildman–Crippen MR) is 159 cm³/mol. The van der Waals surface area contributed by atoms with Gasteiger partial charge in [0.15, 0.2) is 29.3 Å². The van der Waals surface area contributed by atoms with E-state index in [9.17, 15) is 18.3 Å². The third-order valence-electron chi connectivity index (χ3n) is 9.84. The van der Waals surface area contributed by atoms with E-state index in [-0.39, 0.29) is 28.8 Å². The maximum Gasteiger partial charge on any atom is 0.387 e. The van der Waals surface area contributed by atoms with Crippen molar-refractivity contribution >= 4 is 5.52 Å². The van der Waals surface area contributed by atoms with Gasteiger partial charge in [-0.1, -0.05) is 0 Å². The monoisotopic (exact) mass is 636 g/mol. The fraction of sp³-hybridized carbons (Fsp3) is 0.500. The number of nitrogens with zero attached hydrogens (tertiary/aromatic N) is 7. The third kappa shape index (κ3) is 5.62. The molecule has 2 bridgehead atoms. The summed E-state index contributed by atoms with van der Waals surface area (Å²) in [6, 6.07) is 5.08. The Morgan fingerprint density at radius 2 is 1.91 bits per heavy atom. The van der Waals surface area contributed by atoms with Crippen molar-refractivity contribution in [2.75, 3.05) is 19.7 Å². The summed E-state index contributed by atoms with van der Waals surface area (Å²) in [6.07, 6.45) is 10.3. The Hall–Kier alpha value is -4.35. The maximum atomic E-state index is 13.5. The van der Waals surface area contributed by atoms with Crippen molar-refractivity contribution in [2.24, 2.45) is 11.8 Å². The number of hydrogen-bond acceptors (Lipinski definition) is 9. The van der Waals surface area contributed by atoms with E-state index in [4.69, 9.17) is 19.8 Å². The molecule has 1 aliphatic heterocycles. The van der Waals surface area contributed by atoms with E-state index in [1.165, 1.54) is 35.7 Å². The van der Waals surface area contributed by atoms with Crippen LogP contribution in [0.25, 0.3) is 16.8 Å². The first kappa shape index (κ1) is 30.3. The molecule has 0 aromatic carbocycles. The highest BCUT2D eigenvalue weighted by molar-refractivity contribution is 5.75. The van der Waals surface area contributed by atoms with Crippen LogP contribution in [0, 0.1) is 36.0 Å². The zero-order valence-corrected chi connectivity index (χ0v) is 25.3. The highest BCUT2D eigenvalue weighted by atomic mass is 19.3. The van der Waals surface area contributed by atoms with Crippen LogP contribution in [0.3, 0.4) is 0 Å². The van der Waals surface area contributed by atoms with Gasteiger partial charge < -0.3 is 19.9 Å². The summed E-state index contributed by atoms with van der Waals surface area (Å²) < 4.78 is 54.4. The number of alkyl halides is 2. The molecule has 14 heteroatoms. The van der Waals surface area contributed by atoms with E-state index >= 15 is 0 Å². The zero-order valence-electron chi connectivity index (χ0n) is 25.3. The number of aliphatic hydroxyl groups is 1. The first-order chi connectivity index (χ1) is 22.3. The molecule has 5 heterocycles. The molecular formula is C32H35F3N8O3. The van der Waals surface area contributed by atoms with E-state index < -0.39 is 25.1 Å². The molecular weight excluding hydrogens is 601 g/mol. The number of halogens is 3. The van der Waals surface area contributed by atoms with Crippen LogP contribution in [0.1, 0.15) is 48.7 Å². The topological polar surface area (TPSA) is 126 Å². The van der Waals surface area contributed by atoms with Gasteiger partial charge in [-0.3, -0.25) is 14.6 Å². The number of rotatable bonds is 9. The molecule has 3 aliphatic rings. The number of aliphatic hydroxyl groups excluding tert-OH is 1. The zero-order chi connectivity index (χ0) is 31.9. The summed E-state index contributed by atoms with van der Waals surface area (Å²) in [5.41, 5.74) is 3.92. The summed E-state index contributed by atoms with van der Waals surface area (Å²) in [6.45, 7) is 0.979. The molecule has 0 spiro atoms. The van der Waals surface area contributed by atoms with Crippen LogP contribution in [0.2, 0.25) is 0 Å². The average Bonchev–Trinajstić information content (AvgIpc) is 3.61. The second kappa shape index (κ2) is 12.4. The van der Waals surface area contributed by atoms with Gasteiger partial charge in [0.05, 0.1) is 36.9 Å². The van der Waals surface area contributed by atoms with Crippen molar-refractivity contribution in [3.63, 3.8) is 0 Å². The number of aromatic nitrogens is 5. The maximum absolute atomic E-state index is 13.5. The SMILES string of the molecule is Cc1c(-c2cc(OC(CO)c3ccc(F)cn3)c3c(OC(F)F)cnn3c2)nn2c1CCN(C1C3CCC1CC(NC#N)C3)CC2. The molecule has 7 rings (SSSR count). The van der Waals surface area contributed by atoms with Gasteiger partial charge in [0.1, 0.15) is 5.82 Å².